The summed E-state index contributed by atoms with van der Waals surface area (Å²) < 4.78 is 11.8. The largest absolute Gasteiger partial charge is 0.453 e. The number of esters is 2. The Labute approximate surface area is 378 Å². The summed E-state index contributed by atoms with van der Waals surface area (Å²) in [4.78, 5) is 58.0. The number of Topliss-reactive ketones (excluding diaryl/α,β-unsaturated/α-hetero) is 2. The van der Waals surface area contributed by atoms with Gasteiger partial charge in [0, 0.05) is 62.3 Å². The van der Waals surface area contributed by atoms with Crippen LogP contribution in [0.25, 0.3) is 0 Å². The van der Waals surface area contributed by atoms with Crippen LogP contribution in [0.3, 0.4) is 0 Å². The van der Waals surface area contributed by atoms with Crippen LogP contribution in [-0.4, -0.2) is 85.7 Å². The molecule has 2 unspecified atom stereocenters. The van der Waals surface area contributed by atoms with E-state index in [4.69, 9.17) is 9.47 Å². The third-order valence-electron chi connectivity index (χ3n) is 13.8. The average Bonchev–Trinajstić information content (AvgIpc) is 3.66. The van der Waals surface area contributed by atoms with Crippen LogP contribution in [-0.2, 0) is 45.0 Å². The van der Waals surface area contributed by atoms with Crippen molar-refractivity contribution in [2.45, 2.75) is 89.5 Å². The zero-order valence-corrected chi connectivity index (χ0v) is 37.2. The Morgan fingerprint density at radius 3 is 1.36 bits per heavy atom. The number of piperidine rings is 2. The minimum Gasteiger partial charge on any atom is -0.453 e. The maximum absolute atomic E-state index is 13.4. The van der Waals surface area contributed by atoms with E-state index in [1.165, 1.54) is 11.1 Å². The highest BCUT2D eigenvalue weighted by atomic mass is 16.5. The number of benzene rings is 4. The van der Waals surface area contributed by atoms with Crippen molar-refractivity contribution in [3.05, 3.63) is 154 Å². The highest BCUT2D eigenvalue weighted by Gasteiger charge is 2.27. The quantitative estimate of drug-likeness (QED) is 0.0650. The molecule has 0 spiro atoms. The van der Waals surface area contributed by atoms with Gasteiger partial charge in [-0.3, -0.25) is 19.4 Å². The molecule has 0 radical (unpaired) electrons. The Morgan fingerprint density at radius 2 is 0.953 bits per heavy atom. The fourth-order valence-electron chi connectivity index (χ4n) is 9.97. The molecule has 10 nitrogen and oxygen atoms in total. The van der Waals surface area contributed by atoms with Gasteiger partial charge in [-0.15, -0.1) is 0 Å². The molecule has 0 amide bonds. The average molecular weight is 865 g/mol. The number of hydrogen-bond donors (Lipinski definition) is 2. The highest BCUT2D eigenvalue weighted by Crippen LogP contribution is 2.30. The number of hydrogen-bond acceptors (Lipinski definition) is 10. The molecule has 4 aliphatic rings. The molecule has 0 bridgehead atoms. The van der Waals surface area contributed by atoms with E-state index in [9.17, 15) is 19.2 Å². The van der Waals surface area contributed by atoms with Gasteiger partial charge >= 0.3 is 11.9 Å². The van der Waals surface area contributed by atoms with Gasteiger partial charge in [-0.1, -0.05) is 84.9 Å². The molecule has 8 rings (SSSR count). The number of carbonyl (C=O) groups is 4. The first-order valence-electron chi connectivity index (χ1n) is 23.7. The molecular weight excluding hydrogens is 801 g/mol. The minimum atomic E-state index is -0.646. The summed E-state index contributed by atoms with van der Waals surface area (Å²) in [7, 11) is 0. The normalized spacial score (nSPS) is 20.1. The number of ketones is 2. The number of carbonyl (C=O) groups excluding carboxylic acids is 4. The van der Waals surface area contributed by atoms with Crippen LogP contribution in [0.2, 0.25) is 0 Å². The molecule has 4 aliphatic heterocycles. The Balaban J connectivity index is 0.784. The van der Waals surface area contributed by atoms with Gasteiger partial charge in [-0.05, 0) is 148 Å². The molecule has 4 aromatic rings. The van der Waals surface area contributed by atoms with E-state index in [1.807, 2.05) is 36.4 Å². The second-order valence-corrected chi connectivity index (χ2v) is 18.3. The molecule has 2 N–H and O–H groups in total. The Kier molecular flexibility index (Phi) is 16.0. The predicted molar refractivity (Wildman–Crippen MR) is 249 cm³/mol. The number of nitrogens with zero attached hydrogens (tertiary/aromatic N) is 2. The fraction of sp³-hybridized carbons (Fsp3) is 0.444. The maximum Gasteiger partial charge on any atom is 0.331 e. The lowest BCUT2D eigenvalue weighted by molar-refractivity contribution is -0.146. The monoisotopic (exact) mass is 864 g/mol. The first kappa shape index (κ1) is 45.3. The zero-order chi connectivity index (χ0) is 44.1. The van der Waals surface area contributed by atoms with E-state index in [-0.39, 0.29) is 11.6 Å². The summed E-state index contributed by atoms with van der Waals surface area (Å²) in [5, 5.41) is 6.70. The third kappa shape index (κ3) is 12.7. The Morgan fingerprint density at radius 1 is 0.547 bits per heavy atom. The van der Waals surface area contributed by atoms with Crippen LogP contribution in [0.15, 0.2) is 109 Å². The molecule has 10 heteroatoms. The van der Waals surface area contributed by atoms with Crippen molar-refractivity contribution in [2.24, 2.45) is 11.8 Å². The first-order valence-corrected chi connectivity index (χ1v) is 23.7. The van der Waals surface area contributed by atoms with Gasteiger partial charge < -0.3 is 20.1 Å². The maximum atomic E-state index is 13.4. The number of rotatable bonds is 16. The van der Waals surface area contributed by atoms with Crippen molar-refractivity contribution in [1.82, 2.24) is 20.4 Å². The zero-order valence-electron chi connectivity index (χ0n) is 37.2. The van der Waals surface area contributed by atoms with Crippen LogP contribution in [0.1, 0.15) is 118 Å². The van der Waals surface area contributed by atoms with E-state index in [2.05, 4.69) is 81.1 Å². The number of ether oxygens (including phenoxy) is 2. The van der Waals surface area contributed by atoms with Gasteiger partial charge in [-0.25, -0.2) is 9.59 Å². The summed E-state index contributed by atoms with van der Waals surface area (Å²) in [5.74, 6) is 0.122. The summed E-state index contributed by atoms with van der Waals surface area (Å²) in [6.07, 6.45) is 9.84. The van der Waals surface area contributed by atoms with Crippen molar-refractivity contribution in [3.63, 3.8) is 0 Å². The van der Waals surface area contributed by atoms with Gasteiger partial charge in [0.15, 0.2) is 11.6 Å². The van der Waals surface area contributed by atoms with Crippen LogP contribution < -0.4 is 10.6 Å². The summed E-state index contributed by atoms with van der Waals surface area (Å²) in [6.45, 7) is 8.45. The van der Waals surface area contributed by atoms with Crippen LogP contribution in [0, 0.1) is 11.8 Å². The third-order valence-corrected chi connectivity index (χ3v) is 13.8. The highest BCUT2D eigenvalue weighted by molar-refractivity contribution is 5.97. The van der Waals surface area contributed by atoms with Gasteiger partial charge in [-0.2, -0.15) is 0 Å². The van der Waals surface area contributed by atoms with Gasteiger partial charge in [0.1, 0.15) is 12.2 Å². The Bertz CT molecular complexity index is 2070. The summed E-state index contributed by atoms with van der Waals surface area (Å²) in [5.41, 5.74) is 7.82. The van der Waals surface area contributed by atoms with Crippen molar-refractivity contribution in [1.29, 1.82) is 0 Å². The number of fused-ring (bicyclic) bond motifs is 2. The molecule has 336 valence electrons. The van der Waals surface area contributed by atoms with Crippen LogP contribution >= 0.6 is 0 Å². The van der Waals surface area contributed by atoms with Gasteiger partial charge in [0.25, 0.3) is 0 Å². The Hall–Kier alpha value is -5.26. The standard InChI is InChI=1S/C54H64N4O6/c59-49(17-11-39-23-29-57(30-24-39)37-41-7-3-1-4-8-41)45-13-15-47-43(33-45)21-27-55-35-51(47)63-53(61)19-20-54(62)64-52-36-56-28-22-44-34-46(14-16-48(44)52)50(60)18-12-40-25-31-58(32-26-40)38-42-9-5-2-6-10-42/h1-10,13-16,19-20,33-34,39-40,51-52,55-56H,11-12,17-18,21-32,35-38H2/b20-19+. The number of nitrogens with one attached hydrogen (secondary N) is 2. The van der Waals surface area contributed by atoms with Gasteiger partial charge in [0.2, 0.25) is 0 Å². The molecule has 4 aromatic carbocycles. The lowest BCUT2D eigenvalue weighted by Crippen LogP contribution is -2.33. The van der Waals surface area contributed by atoms with Crippen molar-refractivity contribution in [3.8, 4) is 0 Å². The van der Waals surface area contributed by atoms with Crippen LogP contribution in [0.4, 0.5) is 0 Å². The summed E-state index contributed by atoms with van der Waals surface area (Å²) in [6, 6.07) is 32.7. The lowest BCUT2D eigenvalue weighted by Gasteiger charge is -2.32. The molecular formula is C54H64N4O6. The van der Waals surface area contributed by atoms with E-state index in [0.717, 1.165) is 112 Å². The molecule has 2 fully saturated rings. The van der Waals surface area contributed by atoms with Crippen LogP contribution in [0.5, 0.6) is 0 Å². The second-order valence-electron chi connectivity index (χ2n) is 18.3. The predicted octanol–water partition coefficient (Wildman–Crippen LogP) is 8.15. The molecule has 2 atom stereocenters. The van der Waals surface area contributed by atoms with E-state index < -0.39 is 24.1 Å². The molecule has 0 aromatic heterocycles. The topological polar surface area (TPSA) is 117 Å². The van der Waals surface area contributed by atoms with Crippen molar-refractivity contribution < 1.29 is 28.7 Å². The van der Waals surface area contributed by atoms with E-state index >= 15 is 0 Å². The number of likely N-dealkylation sites (tertiary alicyclic amines) is 2. The molecule has 64 heavy (non-hydrogen) atoms. The molecule has 0 saturated carbocycles. The SMILES string of the molecule is O=C(/C=C/C(=O)OC1CNCCc2cc(C(=O)CCC3CCN(Cc4ccccc4)CC3)ccc21)OC1CNCCc2cc(C(=O)CCC3CCN(Cc4ccccc4)CC3)ccc21. The van der Waals surface area contributed by atoms with Crippen molar-refractivity contribution in [2.75, 3.05) is 52.4 Å². The van der Waals surface area contributed by atoms with E-state index in [0.29, 0.717) is 74.8 Å². The smallest absolute Gasteiger partial charge is 0.331 e. The molecule has 4 heterocycles. The summed E-state index contributed by atoms with van der Waals surface area (Å²) >= 11 is 0. The first-order chi connectivity index (χ1) is 31.3. The second kappa shape index (κ2) is 22.6. The van der Waals surface area contributed by atoms with Crippen molar-refractivity contribution >= 4 is 23.5 Å². The molecule has 0 aliphatic carbocycles. The van der Waals surface area contributed by atoms with Gasteiger partial charge in [0.05, 0.1) is 0 Å². The lowest BCUT2D eigenvalue weighted by atomic mass is 9.89. The minimum absolute atomic E-state index is 0.152. The molecule has 2 saturated heterocycles. The van der Waals surface area contributed by atoms with E-state index in [1.54, 1.807) is 0 Å². The fourth-order valence-corrected chi connectivity index (χ4v) is 9.97.